The average molecular weight is 272 g/mol. The van der Waals surface area contributed by atoms with Crippen LogP contribution in [0.4, 0.5) is 0 Å². The first-order valence-corrected chi connectivity index (χ1v) is 7.24. The highest BCUT2D eigenvalue weighted by Gasteiger charge is 2.26. The Kier molecular flexibility index (Phi) is 3.53. The molecule has 1 saturated heterocycles. The number of carbonyl (C=O) groups excluding carboxylic acids is 1. The molecule has 0 amide bonds. The highest BCUT2D eigenvalue weighted by atomic mass is 16.1. The molecule has 0 bridgehead atoms. The summed E-state index contributed by atoms with van der Waals surface area (Å²) in [5.41, 5.74) is 1.39. The average Bonchev–Trinajstić information content (AvgIpc) is 2.91. The molecule has 5 nitrogen and oxygen atoms in total. The Hall–Kier alpha value is -1.75. The molecule has 3 heterocycles. The molecule has 3 rings (SSSR count). The van der Waals surface area contributed by atoms with Crippen molar-refractivity contribution in [1.29, 1.82) is 0 Å². The van der Waals surface area contributed by atoms with E-state index in [2.05, 4.69) is 28.9 Å². The van der Waals surface area contributed by atoms with Crippen LogP contribution in [0.1, 0.15) is 48.9 Å². The minimum atomic E-state index is 0.390. The van der Waals surface area contributed by atoms with E-state index in [1.807, 2.05) is 22.6 Å². The van der Waals surface area contributed by atoms with E-state index in [1.165, 1.54) is 0 Å². The number of rotatable bonds is 3. The predicted octanol–water partition coefficient (Wildman–Crippen LogP) is 2.13. The first kappa shape index (κ1) is 13.2. The fourth-order valence-electron chi connectivity index (χ4n) is 3.02. The molecule has 0 aromatic carbocycles. The van der Waals surface area contributed by atoms with Crippen molar-refractivity contribution in [3.63, 3.8) is 0 Å². The van der Waals surface area contributed by atoms with E-state index in [0.717, 1.165) is 43.7 Å². The number of hydrogen-bond donors (Lipinski definition) is 0. The van der Waals surface area contributed by atoms with Crippen molar-refractivity contribution in [2.24, 2.45) is 0 Å². The highest BCUT2D eigenvalue weighted by molar-refractivity contribution is 5.74. The second kappa shape index (κ2) is 5.32. The second-order valence-electron chi connectivity index (χ2n) is 5.72. The molecule has 0 radical (unpaired) electrons. The van der Waals surface area contributed by atoms with Gasteiger partial charge in [0, 0.05) is 12.0 Å². The van der Waals surface area contributed by atoms with Crippen molar-refractivity contribution in [2.45, 2.75) is 38.6 Å². The van der Waals surface area contributed by atoms with Gasteiger partial charge in [0.2, 0.25) is 0 Å². The van der Waals surface area contributed by atoms with Crippen LogP contribution in [0.3, 0.4) is 0 Å². The van der Waals surface area contributed by atoms with Gasteiger partial charge < -0.3 is 4.90 Å². The summed E-state index contributed by atoms with van der Waals surface area (Å²) in [6.07, 6.45) is 3.03. The van der Waals surface area contributed by atoms with Gasteiger partial charge in [0.1, 0.15) is 5.82 Å². The maximum Gasteiger partial charge on any atom is 0.166 e. The Labute approximate surface area is 118 Å². The molecule has 0 unspecified atom stereocenters. The van der Waals surface area contributed by atoms with Crippen LogP contribution in [0.15, 0.2) is 18.2 Å². The molecule has 0 spiro atoms. The fraction of sp³-hybridized carbons (Fsp3) is 0.533. The second-order valence-corrected chi connectivity index (χ2v) is 5.72. The first-order valence-electron chi connectivity index (χ1n) is 7.24. The Bertz CT molecular complexity index is 611. The summed E-state index contributed by atoms with van der Waals surface area (Å²) >= 11 is 0. The van der Waals surface area contributed by atoms with Crippen molar-refractivity contribution in [3.05, 3.63) is 29.7 Å². The van der Waals surface area contributed by atoms with Crippen LogP contribution >= 0.6 is 0 Å². The third kappa shape index (κ3) is 2.22. The lowest BCUT2D eigenvalue weighted by atomic mass is 9.95. The molecule has 5 heteroatoms. The van der Waals surface area contributed by atoms with E-state index >= 15 is 0 Å². The van der Waals surface area contributed by atoms with E-state index in [4.69, 9.17) is 0 Å². The van der Waals surface area contributed by atoms with Gasteiger partial charge in [0.05, 0.1) is 5.69 Å². The molecule has 0 saturated carbocycles. The quantitative estimate of drug-likeness (QED) is 0.803. The normalized spacial score (nSPS) is 17.9. The maximum absolute atomic E-state index is 11.2. The number of nitrogens with zero attached hydrogens (tertiary/aromatic N) is 4. The van der Waals surface area contributed by atoms with Crippen LogP contribution in [0.5, 0.6) is 0 Å². The number of likely N-dealkylation sites (tertiary alicyclic amines) is 1. The molecular weight excluding hydrogens is 252 g/mol. The lowest BCUT2D eigenvalue weighted by Gasteiger charge is -2.33. The van der Waals surface area contributed by atoms with Crippen LogP contribution in [-0.4, -0.2) is 44.9 Å². The molecule has 1 aliphatic heterocycles. The van der Waals surface area contributed by atoms with Gasteiger partial charge in [-0.05, 0) is 51.9 Å². The Morgan fingerprint density at radius 3 is 2.65 bits per heavy atom. The molecular formula is C15H20N4O. The molecule has 1 fully saturated rings. The van der Waals surface area contributed by atoms with Gasteiger partial charge in [-0.1, -0.05) is 6.07 Å². The van der Waals surface area contributed by atoms with Gasteiger partial charge in [-0.3, -0.25) is 9.20 Å². The van der Waals surface area contributed by atoms with Gasteiger partial charge >= 0.3 is 0 Å². The largest absolute Gasteiger partial charge is 0.301 e. The summed E-state index contributed by atoms with van der Waals surface area (Å²) in [6.45, 7) is 6.63. The fourth-order valence-corrected chi connectivity index (χ4v) is 3.02. The summed E-state index contributed by atoms with van der Waals surface area (Å²) in [5.74, 6) is 1.33. The van der Waals surface area contributed by atoms with E-state index in [-0.39, 0.29) is 0 Å². The summed E-state index contributed by atoms with van der Waals surface area (Å²) in [5, 5.41) is 8.53. The van der Waals surface area contributed by atoms with Crippen LogP contribution in [0.2, 0.25) is 0 Å². The number of carbonyl (C=O) groups is 1. The maximum atomic E-state index is 11.2. The summed E-state index contributed by atoms with van der Waals surface area (Å²) < 4.78 is 1.91. The summed E-state index contributed by atoms with van der Waals surface area (Å²) in [4.78, 5) is 13.7. The third-order valence-corrected chi connectivity index (χ3v) is 4.23. The van der Waals surface area contributed by atoms with Crippen LogP contribution in [-0.2, 0) is 0 Å². The lowest BCUT2D eigenvalue weighted by Crippen LogP contribution is -2.38. The molecule has 1 aliphatic rings. The van der Waals surface area contributed by atoms with E-state index < -0.39 is 0 Å². The standard InChI is InChI=1S/C15H20N4O/c1-11(2)18-8-6-12(7-9-18)15-17-16-14-5-3-4-13(10-20)19(14)15/h3-5,10-12H,6-9H2,1-2H3. The van der Waals surface area contributed by atoms with E-state index in [0.29, 0.717) is 17.7 Å². The van der Waals surface area contributed by atoms with Crippen LogP contribution < -0.4 is 0 Å². The number of aldehydes is 1. The molecule has 106 valence electrons. The number of hydrogen-bond acceptors (Lipinski definition) is 4. The first-order chi connectivity index (χ1) is 9.70. The van der Waals surface area contributed by atoms with Crippen LogP contribution in [0, 0.1) is 0 Å². The SMILES string of the molecule is CC(C)N1CCC(c2nnc3cccc(C=O)n23)CC1. The van der Waals surface area contributed by atoms with Crippen molar-refractivity contribution in [3.8, 4) is 0 Å². The van der Waals surface area contributed by atoms with Gasteiger partial charge in [0.15, 0.2) is 11.9 Å². The monoisotopic (exact) mass is 272 g/mol. The number of aromatic nitrogens is 3. The van der Waals surface area contributed by atoms with Gasteiger partial charge in [0.25, 0.3) is 0 Å². The smallest absolute Gasteiger partial charge is 0.166 e. The molecule has 2 aromatic rings. The molecule has 2 aromatic heterocycles. The van der Waals surface area contributed by atoms with Crippen molar-refractivity contribution in [1.82, 2.24) is 19.5 Å². The lowest BCUT2D eigenvalue weighted by molar-refractivity contribution is 0.111. The van der Waals surface area contributed by atoms with Crippen molar-refractivity contribution in [2.75, 3.05) is 13.1 Å². The van der Waals surface area contributed by atoms with Crippen molar-refractivity contribution >= 4 is 11.9 Å². The Morgan fingerprint density at radius 1 is 1.25 bits per heavy atom. The summed E-state index contributed by atoms with van der Waals surface area (Å²) in [7, 11) is 0. The van der Waals surface area contributed by atoms with E-state index in [9.17, 15) is 4.79 Å². The number of pyridine rings is 1. The van der Waals surface area contributed by atoms with E-state index in [1.54, 1.807) is 0 Å². The zero-order chi connectivity index (χ0) is 14.1. The van der Waals surface area contributed by atoms with Gasteiger partial charge in [-0.25, -0.2) is 0 Å². The Morgan fingerprint density at radius 2 is 2.00 bits per heavy atom. The third-order valence-electron chi connectivity index (χ3n) is 4.23. The zero-order valence-corrected chi connectivity index (χ0v) is 12.0. The zero-order valence-electron chi connectivity index (χ0n) is 12.0. The summed E-state index contributed by atoms with van der Waals surface area (Å²) in [6, 6.07) is 6.15. The minimum Gasteiger partial charge on any atom is -0.301 e. The Balaban J connectivity index is 1.90. The predicted molar refractivity (Wildman–Crippen MR) is 77.1 cm³/mol. The highest BCUT2D eigenvalue weighted by Crippen LogP contribution is 2.28. The topological polar surface area (TPSA) is 50.5 Å². The molecule has 0 atom stereocenters. The minimum absolute atomic E-state index is 0.390. The van der Waals surface area contributed by atoms with Gasteiger partial charge in [-0.15, -0.1) is 10.2 Å². The van der Waals surface area contributed by atoms with Crippen molar-refractivity contribution < 1.29 is 4.79 Å². The molecule has 0 N–H and O–H groups in total. The molecule has 0 aliphatic carbocycles. The number of fused-ring (bicyclic) bond motifs is 1. The number of piperidine rings is 1. The van der Waals surface area contributed by atoms with Gasteiger partial charge in [-0.2, -0.15) is 0 Å². The molecule has 20 heavy (non-hydrogen) atoms. The van der Waals surface area contributed by atoms with Crippen LogP contribution in [0.25, 0.3) is 5.65 Å².